The number of carbonyl (C=O) groups is 1. The van der Waals surface area contributed by atoms with E-state index in [4.69, 9.17) is 0 Å². The van der Waals surface area contributed by atoms with Gasteiger partial charge in [-0.25, -0.2) is 14.3 Å². The maximum atomic E-state index is 12.7. The van der Waals surface area contributed by atoms with Crippen molar-refractivity contribution in [3.8, 4) is 5.69 Å². The first-order valence-corrected chi connectivity index (χ1v) is 8.66. The SMILES string of the molecule is Cc1nc(C)n(C[C@@H](C)C(=O)N(C)Cc2cccc(-n3cccn3)c2)n1. The molecule has 3 rings (SSSR count). The van der Waals surface area contributed by atoms with Gasteiger partial charge in [0.2, 0.25) is 5.91 Å². The van der Waals surface area contributed by atoms with Gasteiger partial charge in [-0.1, -0.05) is 19.1 Å². The summed E-state index contributed by atoms with van der Waals surface area (Å²) in [6.45, 7) is 6.77. The van der Waals surface area contributed by atoms with Crippen molar-refractivity contribution >= 4 is 5.91 Å². The van der Waals surface area contributed by atoms with Gasteiger partial charge in [0.1, 0.15) is 11.6 Å². The minimum Gasteiger partial charge on any atom is -0.341 e. The molecule has 26 heavy (non-hydrogen) atoms. The Morgan fingerprint density at radius 2 is 2.08 bits per heavy atom. The highest BCUT2D eigenvalue weighted by Crippen LogP contribution is 2.13. The van der Waals surface area contributed by atoms with E-state index in [0.717, 1.165) is 22.9 Å². The van der Waals surface area contributed by atoms with Crippen molar-refractivity contribution in [3.05, 3.63) is 59.9 Å². The van der Waals surface area contributed by atoms with Crippen LogP contribution in [0.1, 0.15) is 24.1 Å². The topological polar surface area (TPSA) is 68.8 Å². The quantitative estimate of drug-likeness (QED) is 0.683. The lowest BCUT2D eigenvalue weighted by Crippen LogP contribution is -2.33. The largest absolute Gasteiger partial charge is 0.341 e. The molecular formula is C19H24N6O. The zero-order chi connectivity index (χ0) is 18.7. The van der Waals surface area contributed by atoms with Crippen LogP contribution in [-0.2, 0) is 17.9 Å². The Morgan fingerprint density at radius 1 is 1.27 bits per heavy atom. The molecule has 0 aliphatic heterocycles. The lowest BCUT2D eigenvalue weighted by atomic mass is 10.1. The van der Waals surface area contributed by atoms with Gasteiger partial charge >= 0.3 is 0 Å². The van der Waals surface area contributed by atoms with Crippen molar-refractivity contribution in [1.29, 1.82) is 0 Å². The third-order valence-electron chi connectivity index (χ3n) is 4.31. The molecular weight excluding hydrogens is 328 g/mol. The van der Waals surface area contributed by atoms with E-state index < -0.39 is 0 Å². The average Bonchev–Trinajstić information content (AvgIpc) is 3.24. The maximum Gasteiger partial charge on any atom is 0.227 e. The monoisotopic (exact) mass is 352 g/mol. The highest BCUT2D eigenvalue weighted by Gasteiger charge is 2.19. The van der Waals surface area contributed by atoms with Crippen LogP contribution in [-0.4, -0.2) is 42.4 Å². The second-order valence-electron chi connectivity index (χ2n) is 6.60. The van der Waals surface area contributed by atoms with Gasteiger partial charge in [0.25, 0.3) is 0 Å². The molecule has 0 unspecified atom stereocenters. The van der Waals surface area contributed by atoms with Crippen LogP contribution in [0.15, 0.2) is 42.7 Å². The lowest BCUT2D eigenvalue weighted by molar-refractivity contribution is -0.134. The summed E-state index contributed by atoms with van der Waals surface area (Å²) in [6, 6.07) is 9.93. The van der Waals surface area contributed by atoms with E-state index in [0.29, 0.717) is 13.1 Å². The van der Waals surface area contributed by atoms with Crippen LogP contribution in [0.2, 0.25) is 0 Å². The van der Waals surface area contributed by atoms with Crippen LogP contribution in [0, 0.1) is 19.8 Å². The molecule has 136 valence electrons. The molecule has 0 N–H and O–H groups in total. The molecule has 7 heteroatoms. The first-order chi connectivity index (χ1) is 12.4. The predicted octanol–water partition coefficient (Wildman–Crippen LogP) is 2.38. The number of hydrogen-bond acceptors (Lipinski definition) is 4. The molecule has 0 aliphatic carbocycles. The number of benzene rings is 1. The van der Waals surface area contributed by atoms with E-state index >= 15 is 0 Å². The zero-order valence-corrected chi connectivity index (χ0v) is 15.6. The number of rotatable bonds is 6. The molecule has 0 fully saturated rings. The Kier molecular flexibility index (Phi) is 5.16. The number of aryl methyl sites for hydroxylation is 2. The summed E-state index contributed by atoms with van der Waals surface area (Å²) in [6.07, 6.45) is 3.65. The Morgan fingerprint density at radius 3 is 2.73 bits per heavy atom. The van der Waals surface area contributed by atoms with E-state index in [2.05, 4.69) is 15.2 Å². The fourth-order valence-electron chi connectivity index (χ4n) is 3.02. The molecule has 2 aromatic heterocycles. The van der Waals surface area contributed by atoms with E-state index in [1.165, 1.54) is 0 Å². The number of hydrogen-bond donors (Lipinski definition) is 0. The summed E-state index contributed by atoms with van der Waals surface area (Å²) in [5, 5.41) is 8.59. The molecule has 0 radical (unpaired) electrons. The Hall–Kier alpha value is -2.96. The van der Waals surface area contributed by atoms with Crippen LogP contribution in [0.25, 0.3) is 5.69 Å². The molecule has 2 heterocycles. The van der Waals surface area contributed by atoms with Gasteiger partial charge in [0.05, 0.1) is 18.2 Å². The summed E-state index contributed by atoms with van der Waals surface area (Å²) >= 11 is 0. The van der Waals surface area contributed by atoms with E-state index in [1.54, 1.807) is 15.8 Å². The van der Waals surface area contributed by atoms with Gasteiger partial charge < -0.3 is 4.90 Å². The van der Waals surface area contributed by atoms with E-state index in [9.17, 15) is 4.79 Å². The smallest absolute Gasteiger partial charge is 0.227 e. The number of nitrogens with zero attached hydrogens (tertiary/aromatic N) is 6. The first kappa shape index (κ1) is 17.8. The molecule has 0 bridgehead atoms. The average molecular weight is 352 g/mol. The predicted molar refractivity (Wildman–Crippen MR) is 98.7 cm³/mol. The second kappa shape index (κ2) is 7.51. The van der Waals surface area contributed by atoms with Crippen molar-refractivity contribution in [2.24, 2.45) is 5.92 Å². The van der Waals surface area contributed by atoms with Crippen LogP contribution in [0.3, 0.4) is 0 Å². The van der Waals surface area contributed by atoms with Crippen LogP contribution < -0.4 is 0 Å². The van der Waals surface area contributed by atoms with Crippen LogP contribution in [0.4, 0.5) is 0 Å². The fraction of sp³-hybridized carbons (Fsp3) is 0.368. The third kappa shape index (κ3) is 3.99. The maximum absolute atomic E-state index is 12.7. The molecule has 3 aromatic rings. The lowest BCUT2D eigenvalue weighted by Gasteiger charge is -2.22. The molecule has 1 atom stereocenters. The van der Waals surface area contributed by atoms with E-state index in [-0.39, 0.29) is 11.8 Å². The second-order valence-corrected chi connectivity index (χ2v) is 6.60. The standard InChI is InChI=1S/C19H24N6O/c1-14(12-25-16(3)21-15(2)22-25)19(26)23(4)13-17-7-5-8-18(11-17)24-10-6-9-20-24/h5-11,14H,12-13H2,1-4H3/t14-/m1/s1. The van der Waals surface area contributed by atoms with Gasteiger partial charge in [-0.05, 0) is 37.6 Å². The first-order valence-electron chi connectivity index (χ1n) is 8.66. The van der Waals surface area contributed by atoms with E-state index in [1.807, 2.05) is 69.0 Å². The normalized spacial score (nSPS) is 12.2. The van der Waals surface area contributed by atoms with Gasteiger partial charge in [0.15, 0.2) is 0 Å². The molecule has 1 amide bonds. The van der Waals surface area contributed by atoms with Gasteiger partial charge in [0, 0.05) is 26.0 Å². The zero-order valence-electron chi connectivity index (χ0n) is 15.6. The molecule has 0 spiro atoms. The molecule has 0 saturated carbocycles. The molecule has 0 aliphatic rings. The van der Waals surface area contributed by atoms with Crippen molar-refractivity contribution in [2.75, 3.05) is 7.05 Å². The van der Waals surface area contributed by atoms with Crippen molar-refractivity contribution < 1.29 is 4.79 Å². The summed E-state index contributed by atoms with van der Waals surface area (Å²) in [5.41, 5.74) is 2.05. The third-order valence-corrected chi connectivity index (χ3v) is 4.31. The molecule has 7 nitrogen and oxygen atoms in total. The number of aromatic nitrogens is 5. The van der Waals surface area contributed by atoms with Crippen molar-refractivity contribution in [1.82, 2.24) is 29.4 Å². The summed E-state index contributed by atoms with van der Waals surface area (Å²) in [5.74, 6) is 1.47. The minimum absolute atomic E-state index is 0.0852. The van der Waals surface area contributed by atoms with Gasteiger partial charge in [-0.2, -0.15) is 10.2 Å². The molecule has 1 aromatic carbocycles. The summed E-state index contributed by atoms with van der Waals surface area (Å²) < 4.78 is 3.61. The highest BCUT2D eigenvalue weighted by molar-refractivity contribution is 5.78. The minimum atomic E-state index is -0.172. The Bertz CT molecular complexity index is 883. The van der Waals surface area contributed by atoms with Gasteiger partial charge in [-0.15, -0.1) is 0 Å². The summed E-state index contributed by atoms with van der Waals surface area (Å²) in [4.78, 5) is 18.8. The van der Waals surface area contributed by atoms with Crippen LogP contribution >= 0.6 is 0 Å². The Balaban J connectivity index is 1.65. The van der Waals surface area contributed by atoms with Crippen molar-refractivity contribution in [2.45, 2.75) is 33.9 Å². The molecule has 0 saturated heterocycles. The van der Waals surface area contributed by atoms with Crippen LogP contribution in [0.5, 0.6) is 0 Å². The number of amides is 1. The summed E-state index contributed by atoms with van der Waals surface area (Å²) in [7, 11) is 1.83. The Labute approximate surface area is 153 Å². The van der Waals surface area contributed by atoms with Crippen molar-refractivity contribution in [3.63, 3.8) is 0 Å². The fourth-order valence-corrected chi connectivity index (χ4v) is 3.02. The number of carbonyl (C=O) groups excluding carboxylic acids is 1. The van der Waals surface area contributed by atoms with Gasteiger partial charge in [-0.3, -0.25) is 4.79 Å². The highest BCUT2D eigenvalue weighted by atomic mass is 16.2.